The zero-order valence-electron chi connectivity index (χ0n) is 20.6. The summed E-state index contributed by atoms with van der Waals surface area (Å²) in [5, 5.41) is 9.32. The molecule has 0 amide bonds. The molecule has 0 bridgehead atoms. The highest BCUT2D eigenvalue weighted by molar-refractivity contribution is 6.02. The van der Waals surface area contributed by atoms with Gasteiger partial charge in [0.2, 0.25) is 0 Å². The van der Waals surface area contributed by atoms with Crippen LogP contribution in [0.2, 0.25) is 0 Å². The fourth-order valence-corrected chi connectivity index (χ4v) is 4.21. The third-order valence-electron chi connectivity index (χ3n) is 6.26. The minimum Gasteiger partial charge on any atom is -0.478 e. The Balaban J connectivity index is 2.45. The van der Waals surface area contributed by atoms with E-state index in [1.165, 1.54) is 102 Å². The van der Waals surface area contributed by atoms with Crippen molar-refractivity contribution in [2.75, 3.05) is 6.61 Å². The van der Waals surface area contributed by atoms with Crippen LogP contribution in [0, 0.1) is 5.92 Å². The Labute approximate surface area is 196 Å². The van der Waals surface area contributed by atoms with Gasteiger partial charge in [0.25, 0.3) is 0 Å². The molecule has 1 unspecified atom stereocenters. The summed E-state index contributed by atoms with van der Waals surface area (Å²) >= 11 is 0. The predicted octanol–water partition coefficient (Wildman–Crippen LogP) is 8.44. The summed E-state index contributed by atoms with van der Waals surface area (Å²) in [6.07, 6.45) is 20.1. The summed E-state index contributed by atoms with van der Waals surface area (Å²) in [6, 6.07) is 6.29. The summed E-state index contributed by atoms with van der Waals surface area (Å²) in [5.74, 6) is -1.26. The molecule has 0 aliphatic rings. The fourth-order valence-electron chi connectivity index (χ4n) is 4.21. The number of carbonyl (C=O) groups is 2. The third-order valence-corrected chi connectivity index (χ3v) is 6.26. The van der Waals surface area contributed by atoms with Gasteiger partial charge in [-0.3, -0.25) is 0 Å². The SMILES string of the molecule is CCCCCCCCCCC(CCCCCCCC)COC(=O)c1ccccc1C(=O)O. The van der Waals surface area contributed by atoms with E-state index in [0.29, 0.717) is 12.5 Å². The van der Waals surface area contributed by atoms with Crippen molar-refractivity contribution >= 4 is 11.9 Å². The van der Waals surface area contributed by atoms with Crippen LogP contribution in [0.25, 0.3) is 0 Å². The zero-order chi connectivity index (χ0) is 23.4. The molecule has 4 nitrogen and oxygen atoms in total. The van der Waals surface area contributed by atoms with Crippen LogP contribution < -0.4 is 0 Å². The average molecular weight is 447 g/mol. The normalized spacial score (nSPS) is 11.9. The van der Waals surface area contributed by atoms with Gasteiger partial charge in [0.05, 0.1) is 17.7 Å². The van der Waals surface area contributed by atoms with E-state index in [9.17, 15) is 14.7 Å². The van der Waals surface area contributed by atoms with Crippen LogP contribution in [0.1, 0.15) is 137 Å². The summed E-state index contributed by atoms with van der Waals surface area (Å²) in [4.78, 5) is 23.9. The molecule has 32 heavy (non-hydrogen) atoms. The minimum absolute atomic E-state index is 0.00745. The molecular weight excluding hydrogens is 400 g/mol. The van der Waals surface area contributed by atoms with Crippen LogP contribution >= 0.6 is 0 Å². The highest BCUT2D eigenvalue weighted by Gasteiger charge is 2.19. The molecule has 0 heterocycles. The van der Waals surface area contributed by atoms with Gasteiger partial charge < -0.3 is 9.84 Å². The van der Waals surface area contributed by atoms with Crippen LogP contribution in [-0.4, -0.2) is 23.7 Å². The van der Waals surface area contributed by atoms with Gasteiger partial charge in [-0.25, -0.2) is 9.59 Å². The molecule has 0 aliphatic heterocycles. The maximum Gasteiger partial charge on any atom is 0.339 e. The van der Waals surface area contributed by atoms with Crippen molar-refractivity contribution in [1.29, 1.82) is 0 Å². The molecule has 0 aromatic heterocycles. The van der Waals surface area contributed by atoms with E-state index in [1.54, 1.807) is 12.1 Å². The van der Waals surface area contributed by atoms with Gasteiger partial charge in [0.1, 0.15) is 0 Å². The molecular formula is C28H46O4. The second-order valence-electron chi connectivity index (χ2n) is 9.14. The topological polar surface area (TPSA) is 63.6 Å². The zero-order valence-corrected chi connectivity index (χ0v) is 20.6. The Morgan fingerprint density at radius 1 is 0.719 bits per heavy atom. The molecule has 0 spiro atoms. The predicted molar refractivity (Wildman–Crippen MR) is 132 cm³/mol. The highest BCUT2D eigenvalue weighted by atomic mass is 16.5. The molecule has 1 aromatic carbocycles. The molecule has 0 saturated heterocycles. The van der Waals surface area contributed by atoms with Crippen LogP contribution in [0.4, 0.5) is 0 Å². The van der Waals surface area contributed by atoms with Crippen LogP contribution in [0.3, 0.4) is 0 Å². The molecule has 182 valence electrons. The molecule has 1 aromatic rings. The van der Waals surface area contributed by atoms with E-state index in [0.717, 1.165) is 12.8 Å². The number of hydrogen-bond acceptors (Lipinski definition) is 3. The first-order chi connectivity index (χ1) is 15.6. The lowest BCUT2D eigenvalue weighted by molar-refractivity contribution is 0.0414. The van der Waals surface area contributed by atoms with Crippen molar-refractivity contribution < 1.29 is 19.4 Å². The Kier molecular flexibility index (Phi) is 16.5. The van der Waals surface area contributed by atoms with E-state index in [-0.39, 0.29) is 11.1 Å². The number of carboxylic acid groups (broad SMARTS) is 1. The number of unbranched alkanes of at least 4 members (excludes halogenated alkanes) is 12. The van der Waals surface area contributed by atoms with Crippen LogP contribution in [0.5, 0.6) is 0 Å². The van der Waals surface area contributed by atoms with Gasteiger partial charge in [0.15, 0.2) is 0 Å². The summed E-state index contributed by atoms with van der Waals surface area (Å²) in [6.45, 7) is 4.87. The van der Waals surface area contributed by atoms with Gasteiger partial charge in [-0.15, -0.1) is 0 Å². The van der Waals surface area contributed by atoms with Gasteiger partial charge in [-0.05, 0) is 30.9 Å². The van der Waals surface area contributed by atoms with Gasteiger partial charge in [-0.2, -0.15) is 0 Å². The van der Waals surface area contributed by atoms with Crippen LogP contribution in [-0.2, 0) is 4.74 Å². The standard InChI is InChI=1S/C28H46O4/c1-3-5-7-9-11-12-14-16-20-24(19-15-13-10-8-6-4-2)23-32-28(31)26-22-18-17-21-25(26)27(29)30/h17-18,21-22,24H,3-16,19-20,23H2,1-2H3,(H,29,30). The summed E-state index contributed by atoms with van der Waals surface area (Å²) in [7, 11) is 0. The minimum atomic E-state index is -1.10. The summed E-state index contributed by atoms with van der Waals surface area (Å²) < 4.78 is 5.60. The highest BCUT2D eigenvalue weighted by Crippen LogP contribution is 2.21. The molecule has 0 radical (unpaired) electrons. The van der Waals surface area contributed by atoms with E-state index >= 15 is 0 Å². The first kappa shape index (κ1) is 28.2. The number of esters is 1. The molecule has 1 N–H and O–H groups in total. The van der Waals surface area contributed by atoms with E-state index in [4.69, 9.17) is 4.74 Å². The van der Waals surface area contributed by atoms with Crippen molar-refractivity contribution in [2.24, 2.45) is 5.92 Å². The van der Waals surface area contributed by atoms with Crippen molar-refractivity contribution in [1.82, 2.24) is 0 Å². The molecule has 1 atom stereocenters. The van der Waals surface area contributed by atoms with Crippen molar-refractivity contribution in [3.05, 3.63) is 35.4 Å². The Morgan fingerprint density at radius 3 is 1.62 bits per heavy atom. The Morgan fingerprint density at radius 2 is 1.16 bits per heavy atom. The van der Waals surface area contributed by atoms with Crippen molar-refractivity contribution in [2.45, 2.75) is 117 Å². The average Bonchev–Trinajstić information content (AvgIpc) is 2.80. The Bertz CT molecular complexity index is 626. The molecule has 1 rings (SSSR count). The van der Waals surface area contributed by atoms with E-state index in [1.807, 2.05) is 0 Å². The monoisotopic (exact) mass is 446 g/mol. The Hall–Kier alpha value is -1.84. The molecule has 0 aliphatic carbocycles. The van der Waals surface area contributed by atoms with Gasteiger partial charge >= 0.3 is 11.9 Å². The largest absolute Gasteiger partial charge is 0.478 e. The first-order valence-electron chi connectivity index (χ1n) is 13.1. The maximum atomic E-state index is 12.5. The molecule has 0 fully saturated rings. The molecule has 4 heteroatoms. The summed E-state index contributed by atoms with van der Waals surface area (Å²) in [5.41, 5.74) is 0.151. The van der Waals surface area contributed by atoms with Gasteiger partial charge in [0, 0.05) is 0 Å². The smallest absolute Gasteiger partial charge is 0.339 e. The van der Waals surface area contributed by atoms with Crippen LogP contribution in [0.15, 0.2) is 24.3 Å². The fraction of sp³-hybridized carbons (Fsp3) is 0.714. The molecule has 0 saturated carbocycles. The third kappa shape index (κ3) is 12.9. The van der Waals surface area contributed by atoms with Gasteiger partial charge in [-0.1, -0.05) is 116 Å². The maximum absolute atomic E-state index is 12.5. The number of rotatable bonds is 20. The second-order valence-corrected chi connectivity index (χ2v) is 9.14. The van der Waals surface area contributed by atoms with E-state index < -0.39 is 11.9 Å². The number of benzene rings is 1. The number of ether oxygens (including phenoxy) is 1. The lowest BCUT2D eigenvalue weighted by Crippen LogP contribution is -2.17. The lowest BCUT2D eigenvalue weighted by Gasteiger charge is -2.17. The second kappa shape index (κ2) is 18.7. The number of carboxylic acids is 1. The lowest BCUT2D eigenvalue weighted by atomic mass is 9.94. The van der Waals surface area contributed by atoms with Crippen molar-refractivity contribution in [3.8, 4) is 0 Å². The van der Waals surface area contributed by atoms with Crippen molar-refractivity contribution in [3.63, 3.8) is 0 Å². The number of aromatic carboxylic acids is 1. The number of carbonyl (C=O) groups excluding carboxylic acids is 1. The first-order valence-corrected chi connectivity index (χ1v) is 13.1. The quantitative estimate of drug-likeness (QED) is 0.161. The van der Waals surface area contributed by atoms with E-state index in [2.05, 4.69) is 13.8 Å². The number of hydrogen-bond donors (Lipinski definition) is 1.